The van der Waals surface area contributed by atoms with Crippen LogP contribution in [0.15, 0.2) is 24.8 Å². The van der Waals surface area contributed by atoms with Gasteiger partial charge >= 0.3 is 6.09 Å². The van der Waals surface area contributed by atoms with Crippen LogP contribution in [0, 0.1) is 0 Å². The van der Waals surface area contributed by atoms with Gasteiger partial charge < -0.3 is 19.5 Å². The van der Waals surface area contributed by atoms with E-state index in [-0.39, 0.29) is 5.92 Å². The first-order chi connectivity index (χ1) is 13.0. The van der Waals surface area contributed by atoms with E-state index in [1.54, 1.807) is 18.7 Å². The van der Waals surface area contributed by atoms with Crippen LogP contribution in [-0.4, -0.2) is 60.7 Å². The molecule has 0 aromatic carbocycles. The fourth-order valence-corrected chi connectivity index (χ4v) is 3.28. The maximum absolute atomic E-state index is 10.9. The molecule has 140 valence electrons. The molecule has 0 unspecified atom stereocenters. The fourth-order valence-electron chi connectivity index (χ4n) is 3.28. The van der Waals surface area contributed by atoms with Gasteiger partial charge in [0.1, 0.15) is 11.3 Å². The van der Waals surface area contributed by atoms with Gasteiger partial charge in [-0.2, -0.15) is 0 Å². The molecule has 3 aromatic heterocycles. The van der Waals surface area contributed by atoms with E-state index in [0.29, 0.717) is 13.1 Å². The van der Waals surface area contributed by atoms with Crippen molar-refractivity contribution in [3.05, 3.63) is 36.2 Å². The van der Waals surface area contributed by atoms with Crippen molar-refractivity contribution in [1.29, 1.82) is 0 Å². The molecular weight excluding hydrogens is 346 g/mol. The summed E-state index contributed by atoms with van der Waals surface area (Å²) in [5.74, 6) is 1.63. The van der Waals surface area contributed by atoms with Crippen molar-refractivity contribution in [2.45, 2.75) is 19.3 Å². The summed E-state index contributed by atoms with van der Waals surface area (Å²) in [6.07, 6.45) is 5.11. The van der Waals surface area contributed by atoms with Crippen LogP contribution in [0.2, 0.25) is 0 Å². The zero-order valence-corrected chi connectivity index (χ0v) is 15.5. The van der Waals surface area contributed by atoms with Gasteiger partial charge in [0.05, 0.1) is 35.6 Å². The molecule has 0 bridgehead atoms. The van der Waals surface area contributed by atoms with Gasteiger partial charge in [-0.05, 0) is 6.42 Å². The Morgan fingerprint density at radius 3 is 2.78 bits per heavy atom. The molecule has 0 spiro atoms. The highest BCUT2D eigenvalue weighted by molar-refractivity contribution is 5.78. The topological polar surface area (TPSA) is 100 Å². The van der Waals surface area contributed by atoms with Crippen molar-refractivity contribution in [1.82, 2.24) is 29.4 Å². The molecule has 1 N–H and O–H groups in total. The van der Waals surface area contributed by atoms with Gasteiger partial charge in [-0.1, -0.05) is 6.92 Å². The van der Waals surface area contributed by atoms with Crippen LogP contribution >= 0.6 is 0 Å². The number of pyridine rings is 1. The SMILES string of the molecule is CCc1nc(C2CN(C(=O)O)C2)cnc1N(C)c1cc2c(cn1)ncn2C. The summed E-state index contributed by atoms with van der Waals surface area (Å²) in [7, 11) is 3.87. The molecule has 0 saturated carbocycles. The molecule has 1 saturated heterocycles. The van der Waals surface area contributed by atoms with E-state index in [0.717, 1.165) is 40.5 Å². The van der Waals surface area contributed by atoms with Crippen LogP contribution in [0.25, 0.3) is 11.0 Å². The molecule has 3 aromatic rings. The quantitative estimate of drug-likeness (QED) is 0.754. The van der Waals surface area contributed by atoms with E-state index in [2.05, 4.69) is 15.0 Å². The second kappa shape index (κ2) is 6.49. The predicted octanol–water partition coefficient (Wildman–Crippen LogP) is 2.17. The number of amides is 1. The van der Waals surface area contributed by atoms with Crippen LogP contribution < -0.4 is 4.90 Å². The number of aromatic nitrogens is 5. The highest BCUT2D eigenvalue weighted by Gasteiger charge is 2.33. The maximum Gasteiger partial charge on any atom is 0.407 e. The number of carbonyl (C=O) groups is 1. The molecule has 9 nitrogen and oxygen atoms in total. The third-order valence-electron chi connectivity index (χ3n) is 5.01. The van der Waals surface area contributed by atoms with Gasteiger partial charge in [-0.15, -0.1) is 0 Å². The van der Waals surface area contributed by atoms with Crippen LogP contribution in [-0.2, 0) is 13.5 Å². The lowest BCUT2D eigenvalue weighted by atomic mass is 9.97. The Balaban J connectivity index is 1.62. The standard InChI is InChI=1S/C18H21N7O2/c1-4-12-17(20-6-13(22-12)11-8-25(9-11)18(26)27)24(3)16-5-15-14(7-19-16)21-10-23(15)2/h5-7,10-11H,4,8-9H2,1-3H3,(H,26,27). The average Bonchev–Trinajstić information content (AvgIpc) is 3.00. The molecule has 1 aliphatic heterocycles. The summed E-state index contributed by atoms with van der Waals surface area (Å²) in [5.41, 5.74) is 3.56. The molecular formula is C18H21N7O2. The summed E-state index contributed by atoms with van der Waals surface area (Å²) in [6, 6.07) is 1.98. The van der Waals surface area contributed by atoms with Gasteiger partial charge in [0.25, 0.3) is 0 Å². The zero-order chi connectivity index (χ0) is 19.1. The van der Waals surface area contributed by atoms with Gasteiger partial charge in [-0.3, -0.25) is 4.98 Å². The van der Waals surface area contributed by atoms with Gasteiger partial charge in [0.2, 0.25) is 0 Å². The average molecular weight is 367 g/mol. The number of hydrogen-bond donors (Lipinski definition) is 1. The number of likely N-dealkylation sites (tertiary alicyclic amines) is 1. The third kappa shape index (κ3) is 2.94. The maximum atomic E-state index is 10.9. The number of aryl methyl sites for hydroxylation is 2. The number of rotatable bonds is 4. The first-order valence-corrected chi connectivity index (χ1v) is 8.82. The van der Waals surface area contributed by atoms with E-state index in [1.807, 2.05) is 36.6 Å². The van der Waals surface area contributed by atoms with Gasteiger partial charge in [0, 0.05) is 39.2 Å². The minimum atomic E-state index is -0.886. The largest absolute Gasteiger partial charge is 0.465 e. The molecule has 4 rings (SSSR count). The summed E-state index contributed by atoms with van der Waals surface area (Å²) in [5, 5.41) is 8.99. The Bertz CT molecular complexity index is 1010. The normalized spacial score (nSPS) is 14.4. The number of anilines is 2. The van der Waals surface area contributed by atoms with E-state index >= 15 is 0 Å². The molecule has 0 radical (unpaired) electrons. The predicted molar refractivity (Wildman–Crippen MR) is 100 cm³/mol. The van der Waals surface area contributed by atoms with E-state index in [1.165, 1.54) is 4.90 Å². The van der Waals surface area contributed by atoms with Crippen molar-refractivity contribution in [2.75, 3.05) is 25.0 Å². The number of carboxylic acid groups (broad SMARTS) is 1. The van der Waals surface area contributed by atoms with Crippen molar-refractivity contribution in [3.8, 4) is 0 Å². The molecule has 27 heavy (non-hydrogen) atoms. The Morgan fingerprint density at radius 1 is 1.30 bits per heavy atom. The second-order valence-corrected chi connectivity index (χ2v) is 6.75. The molecule has 1 aliphatic rings. The Hall–Kier alpha value is -3.23. The van der Waals surface area contributed by atoms with E-state index in [4.69, 9.17) is 10.1 Å². The molecule has 9 heteroatoms. The first-order valence-electron chi connectivity index (χ1n) is 8.82. The monoisotopic (exact) mass is 367 g/mol. The van der Waals surface area contributed by atoms with E-state index in [9.17, 15) is 4.79 Å². The third-order valence-corrected chi connectivity index (χ3v) is 5.01. The minimum absolute atomic E-state index is 0.113. The fraction of sp³-hybridized carbons (Fsp3) is 0.389. The van der Waals surface area contributed by atoms with Crippen molar-refractivity contribution in [3.63, 3.8) is 0 Å². The van der Waals surface area contributed by atoms with Crippen molar-refractivity contribution >= 4 is 28.8 Å². The molecule has 0 atom stereocenters. The highest BCUT2D eigenvalue weighted by Crippen LogP contribution is 2.29. The van der Waals surface area contributed by atoms with Crippen molar-refractivity contribution in [2.24, 2.45) is 7.05 Å². The van der Waals surface area contributed by atoms with Crippen LogP contribution in [0.1, 0.15) is 24.2 Å². The summed E-state index contributed by atoms with van der Waals surface area (Å²) in [4.78, 5) is 32.4. The Kier molecular flexibility index (Phi) is 4.14. The molecule has 4 heterocycles. The van der Waals surface area contributed by atoms with Crippen LogP contribution in [0.4, 0.5) is 16.4 Å². The number of imidazole rings is 1. The Morgan fingerprint density at radius 2 is 2.07 bits per heavy atom. The zero-order valence-electron chi connectivity index (χ0n) is 15.5. The van der Waals surface area contributed by atoms with Crippen molar-refractivity contribution < 1.29 is 9.90 Å². The highest BCUT2D eigenvalue weighted by atomic mass is 16.4. The number of fused-ring (bicyclic) bond motifs is 1. The lowest BCUT2D eigenvalue weighted by Crippen LogP contribution is -2.48. The summed E-state index contributed by atoms with van der Waals surface area (Å²) in [6.45, 7) is 2.98. The molecule has 1 amide bonds. The van der Waals surface area contributed by atoms with Crippen LogP contribution in [0.5, 0.6) is 0 Å². The number of hydrogen-bond acceptors (Lipinski definition) is 6. The Labute approximate surface area is 156 Å². The molecule has 1 fully saturated rings. The summed E-state index contributed by atoms with van der Waals surface area (Å²) >= 11 is 0. The molecule has 0 aliphatic carbocycles. The second-order valence-electron chi connectivity index (χ2n) is 6.75. The smallest absolute Gasteiger partial charge is 0.407 e. The number of nitrogens with zero attached hydrogens (tertiary/aromatic N) is 7. The van der Waals surface area contributed by atoms with Gasteiger partial charge in [-0.25, -0.2) is 19.7 Å². The summed E-state index contributed by atoms with van der Waals surface area (Å²) < 4.78 is 1.95. The minimum Gasteiger partial charge on any atom is -0.465 e. The van der Waals surface area contributed by atoms with E-state index < -0.39 is 6.09 Å². The van der Waals surface area contributed by atoms with Gasteiger partial charge in [0.15, 0.2) is 5.82 Å². The lowest BCUT2D eigenvalue weighted by molar-refractivity contribution is 0.104. The first kappa shape index (κ1) is 17.2. The van der Waals surface area contributed by atoms with Crippen LogP contribution in [0.3, 0.4) is 0 Å². The lowest BCUT2D eigenvalue weighted by Gasteiger charge is -2.36.